The van der Waals surface area contributed by atoms with Gasteiger partial charge in [-0.1, -0.05) is 0 Å². The Balaban J connectivity index is 2.63. The van der Waals surface area contributed by atoms with E-state index in [-0.39, 0.29) is 5.91 Å². The van der Waals surface area contributed by atoms with E-state index in [2.05, 4.69) is 15.3 Å². The van der Waals surface area contributed by atoms with Gasteiger partial charge in [0.15, 0.2) is 5.65 Å². The summed E-state index contributed by atoms with van der Waals surface area (Å²) < 4.78 is 1.64. The SMILES string of the molecule is CNC(=O)C(C)n1c(N)nc2ccc(C)nc21. The number of amides is 1. The summed E-state index contributed by atoms with van der Waals surface area (Å²) in [6.45, 7) is 3.65. The number of nitrogen functional groups attached to an aromatic ring is 1. The summed E-state index contributed by atoms with van der Waals surface area (Å²) in [4.78, 5) is 20.2. The second kappa shape index (κ2) is 4.04. The van der Waals surface area contributed by atoms with Gasteiger partial charge in [-0.2, -0.15) is 0 Å². The summed E-state index contributed by atoms with van der Waals surface area (Å²) in [7, 11) is 1.59. The molecule has 0 aromatic carbocycles. The van der Waals surface area contributed by atoms with Crippen LogP contribution in [0.4, 0.5) is 5.95 Å². The number of carbonyl (C=O) groups excluding carboxylic acids is 1. The van der Waals surface area contributed by atoms with Crippen molar-refractivity contribution in [2.75, 3.05) is 12.8 Å². The Hall–Kier alpha value is -2.11. The molecule has 2 aromatic rings. The number of anilines is 1. The fourth-order valence-corrected chi connectivity index (χ4v) is 1.79. The monoisotopic (exact) mass is 233 g/mol. The molecule has 90 valence electrons. The number of aryl methyl sites for hydroxylation is 1. The molecular formula is C11H15N5O. The van der Waals surface area contributed by atoms with Gasteiger partial charge in [-0.05, 0) is 26.0 Å². The number of hydrogen-bond donors (Lipinski definition) is 2. The number of nitrogens with one attached hydrogen (secondary N) is 1. The minimum Gasteiger partial charge on any atom is -0.369 e. The van der Waals surface area contributed by atoms with Crippen LogP contribution in [0, 0.1) is 6.92 Å². The number of imidazole rings is 1. The quantitative estimate of drug-likeness (QED) is 0.796. The first-order chi connectivity index (χ1) is 8.04. The van der Waals surface area contributed by atoms with Gasteiger partial charge in [-0.15, -0.1) is 0 Å². The molecular weight excluding hydrogens is 218 g/mol. The zero-order valence-corrected chi connectivity index (χ0v) is 10.1. The highest BCUT2D eigenvalue weighted by molar-refractivity contribution is 5.83. The van der Waals surface area contributed by atoms with E-state index in [0.29, 0.717) is 17.1 Å². The zero-order valence-electron chi connectivity index (χ0n) is 10.1. The van der Waals surface area contributed by atoms with E-state index in [9.17, 15) is 4.79 Å². The molecule has 2 rings (SSSR count). The van der Waals surface area contributed by atoms with Gasteiger partial charge in [0.1, 0.15) is 11.6 Å². The number of likely N-dealkylation sites (N-methyl/N-ethyl adjacent to an activating group) is 1. The summed E-state index contributed by atoms with van der Waals surface area (Å²) in [6.07, 6.45) is 0. The van der Waals surface area contributed by atoms with Gasteiger partial charge in [0.2, 0.25) is 11.9 Å². The van der Waals surface area contributed by atoms with Crippen molar-refractivity contribution in [3.8, 4) is 0 Å². The molecule has 1 unspecified atom stereocenters. The van der Waals surface area contributed by atoms with E-state index in [4.69, 9.17) is 5.73 Å². The van der Waals surface area contributed by atoms with Crippen LogP contribution in [0.2, 0.25) is 0 Å². The smallest absolute Gasteiger partial charge is 0.242 e. The summed E-state index contributed by atoms with van der Waals surface area (Å²) in [6, 6.07) is 3.28. The molecule has 0 spiro atoms. The molecule has 6 nitrogen and oxygen atoms in total. The van der Waals surface area contributed by atoms with Gasteiger partial charge >= 0.3 is 0 Å². The van der Waals surface area contributed by atoms with Gasteiger partial charge < -0.3 is 11.1 Å². The van der Waals surface area contributed by atoms with Crippen molar-refractivity contribution >= 4 is 23.0 Å². The summed E-state index contributed by atoms with van der Waals surface area (Å²) >= 11 is 0. The van der Waals surface area contributed by atoms with Crippen LogP contribution in [0.15, 0.2) is 12.1 Å². The maximum Gasteiger partial charge on any atom is 0.242 e. The van der Waals surface area contributed by atoms with Gasteiger partial charge in [0.25, 0.3) is 0 Å². The second-order valence-electron chi connectivity index (χ2n) is 3.93. The summed E-state index contributed by atoms with van der Waals surface area (Å²) in [5.74, 6) is 0.175. The number of carbonyl (C=O) groups is 1. The van der Waals surface area contributed by atoms with E-state index in [1.807, 2.05) is 19.1 Å². The third-order valence-corrected chi connectivity index (χ3v) is 2.72. The first-order valence-corrected chi connectivity index (χ1v) is 5.37. The highest BCUT2D eigenvalue weighted by atomic mass is 16.2. The highest BCUT2D eigenvalue weighted by Gasteiger charge is 2.20. The minimum atomic E-state index is -0.431. The lowest BCUT2D eigenvalue weighted by molar-refractivity contribution is -0.123. The van der Waals surface area contributed by atoms with Crippen molar-refractivity contribution < 1.29 is 4.79 Å². The average Bonchev–Trinajstić information content (AvgIpc) is 2.62. The molecule has 0 bridgehead atoms. The fraction of sp³-hybridized carbons (Fsp3) is 0.364. The Labute approximate surface area is 98.8 Å². The van der Waals surface area contributed by atoms with Crippen LogP contribution in [-0.2, 0) is 4.79 Å². The maximum atomic E-state index is 11.6. The molecule has 3 N–H and O–H groups in total. The fourth-order valence-electron chi connectivity index (χ4n) is 1.79. The van der Waals surface area contributed by atoms with Crippen LogP contribution >= 0.6 is 0 Å². The predicted molar refractivity (Wildman–Crippen MR) is 65.5 cm³/mol. The first kappa shape index (κ1) is 11.4. The molecule has 0 aliphatic heterocycles. The van der Waals surface area contributed by atoms with E-state index in [0.717, 1.165) is 5.69 Å². The lowest BCUT2D eigenvalue weighted by Crippen LogP contribution is -2.28. The lowest BCUT2D eigenvalue weighted by atomic mass is 10.3. The molecule has 2 aromatic heterocycles. The van der Waals surface area contributed by atoms with Crippen molar-refractivity contribution in [1.82, 2.24) is 19.9 Å². The third-order valence-electron chi connectivity index (χ3n) is 2.72. The average molecular weight is 233 g/mol. The number of nitrogens with two attached hydrogens (primary N) is 1. The van der Waals surface area contributed by atoms with E-state index in [1.165, 1.54) is 0 Å². The largest absolute Gasteiger partial charge is 0.369 e. The van der Waals surface area contributed by atoms with Crippen LogP contribution in [0.3, 0.4) is 0 Å². The Morgan fingerprint density at radius 3 is 2.82 bits per heavy atom. The van der Waals surface area contributed by atoms with Crippen LogP contribution in [0.25, 0.3) is 11.2 Å². The van der Waals surface area contributed by atoms with Crippen LogP contribution in [-0.4, -0.2) is 27.5 Å². The molecule has 1 atom stereocenters. The molecule has 2 heterocycles. The molecule has 17 heavy (non-hydrogen) atoms. The van der Waals surface area contributed by atoms with Gasteiger partial charge in [0.05, 0.1) is 0 Å². The number of hydrogen-bond acceptors (Lipinski definition) is 4. The van der Waals surface area contributed by atoms with Crippen molar-refractivity contribution in [2.45, 2.75) is 19.9 Å². The topological polar surface area (TPSA) is 85.8 Å². The maximum absolute atomic E-state index is 11.6. The Kier molecular flexibility index (Phi) is 2.71. The molecule has 0 aliphatic carbocycles. The molecule has 0 aliphatic rings. The standard InChI is InChI=1S/C11H15N5O/c1-6-4-5-8-9(14-6)16(11(12)15-8)7(2)10(17)13-3/h4-5,7H,1-3H3,(H2,12,15)(H,13,17). The number of nitrogens with zero attached hydrogens (tertiary/aromatic N) is 3. The molecule has 1 amide bonds. The highest BCUT2D eigenvalue weighted by Crippen LogP contribution is 2.21. The van der Waals surface area contributed by atoms with E-state index in [1.54, 1.807) is 18.5 Å². The first-order valence-electron chi connectivity index (χ1n) is 5.37. The van der Waals surface area contributed by atoms with Gasteiger partial charge in [-0.3, -0.25) is 9.36 Å². The van der Waals surface area contributed by atoms with Crippen molar-refractivity contribution in [2.24, 2.45) is 0 Å². The molecule has 0 fully saturated rings. The number of fused-ring (bicyclic) bond motifs is 1. The van der Waals surface area contributed by atoms with Crippen molar-refractivity contribution in [3.63, 3.8) is 0 Å². The Bertz CT molecular complexity index is 574. The number of pyridine rings is 1. The van der Waals surface area contributed by atoms with E-state index >= 15 is 0 Å². The number of aromatic nitrogens is 3. The van der Waals surface area contributed by atoms with Crippen molar-refractivity contribution in [1.29, 1.82) is 0 Å². The molecule has 0 saturated heterocycles. The summed E-state index contributed by atoms with van der Waals surface area (Å²) in [5.41, 5.74) is 8.03. The van der Waals surface area contributed by atoms with Crippen LogP contribution in [0.1, 0.15) is 18.7 Å². The predicted octanol–water partition coefficient (Wildman–Crippen LogP) is 0.629. The van der Waals surface area contributed by atoms with E-state index < -0.39 is 6.04 Å². The molecule has 0 saturated carbocycles. The minimum absolute atomic E-state index is 0.126. The summed E-state index contributed by atoms with van der Waals surface area (Å²) in [5, 5.41) is 2.59. The second-order valence-corrected chi connectivity index (χ2v) is 3.93. The van der Waals surface area contributed by atoms with Crippen molar-refractivity contribution in [3.05, 3.63) is 17.8 Å². The molecule has 0 radical (unpaired) electrons. The molecule has 6 heteroatoms. The Morgan fingerprint density at radius 2 is 2.18 bits per heavy atom. The van der Waals surface area contributed by atoms with Gasteiger partial charge in [-0.25, -0.2) is 9.97 Å². The zero-order chi connectivity index (χ0) is 12.6. The van der Waals surface area contributed by atoms with Crippen LogP contribution < -0.4 is 11.1 Å². The van der Waals surface area contributed by atoms with Gasteiger partial charge in [0, 0.05) is 12.7 Å². The lowest BCUT2D eigenvalue weighted by Gasteiger charge is -2.13. The Morgan fingerprint density at radius 1 is 1.47 bits per heavy atom. The third kappa shape index (κ3) is 1.82. The normalized spacial score (nSPS) is 12.6. The van der Waals surface area contributed by atoms with Crippen LogP contribution in [0.5, 0.6) is 0 Å². The number of rotatable bonds is 2.